The number of hydrogen-bond donors (Lipinski definition) is 0. The summed E-state index contributed by atoms with van der Waals surface area (Å²) in [6, 6.07) is 13.9. The van der Waals surface area contributed by atoms with E-state index in [1.807, 2.05) is 17.9 Å². The third-order valence-electron chi connectivity index (χ3n) is 5.08. The van der Waals surface area contributed by atoms with Crippen molar-refractivity contribution < 1.29 is 4.79 Å². The molecule has 1 saturated heterocycles. The second kappa shape index (κ2) is 8.15. The zero-order valence-corrected chi connectivity index (χ0v) is 14.9. The molecule has 0 aliphatic carbocycles. The van der Waals surface area contributed by atoms with Gasteiger partial charge in [0.05, 0.1) is 0 Å². The van der Waals surface area contributed by atoms with Crippen molar-refractivity contribution in [3.05, 3.63) is 70.1 Å². The fourth-order valence-electron chi connectivity index (χ4n) is 3.61. The summed E-state index contributed by atoms with van der Waals surface area (Å²) in [5.74, 6) is -0.00175. The quantitative estimate of drug-likeness (QED) is 0.837. The Kier molecular flexibility index (Phi) is 5.69. The lowest BCUT2D eigenvalue weighted by molar-refractivity contribution is 0.0601. The molecule has 1 aromatic heterocycles. The number of nitrogens with zero attached hydrogens (tertiary/aromatic N) is 2. The van der Waals surface area contributed by atoms with Gasteiger partial charge in [-0.1, -0.05) is 30.3 Å². The molecule has 132 valence electrons. The summed E-state index contributed by atoms with van der Waals surface area (Å²) in [5, 5.41) is 0. The lowest BCUT2D eigenvalue weighted by atomic mass is 9.95. The van der Waals surface area contributed by atoms with E-state index in [9.17, 15) is 9.59 Å². The third kappa shape index (κ3) is 4.19. The third-order valence-corrected chi connectivity index (χ3v) is 5.08. The van der Waals surface area contributed by atoms with Crippen molar-refractivity contribution in [2.75, 3.05) is 6.54 Å². The Morgan fingerprint density at radius 2 is 1.96 bits per heavy atom. The van der Waals surface area contributed by atoms with Crippen molar-refractivity contribution >= 4 is 5.91 Å². The van der Waals surface area contributed by atoms with Crippen LogP contribution in [0.3, 0.4) is 0 Å². The van der Waals surface area contributed by atoms with E-state index in [1.165, 1.54) is 18.1 Å². The van der Waals surface area contributed by atoms with Gasteiger partial charge in [0.2, 0.25) is 0 Å². The Balaban J connectivity index is 1.72. The van der Waals surface area contributed by atoms with Crippen molar-refractivity contribution in [3.63, 3.8) is 0 Å². The Labute approximate surface area is 149 Å². The van der Waals surface area contributed by atoms with Crippen LogP contribution in [-0.2, 0) is 13.0 Å². The highest BCUT2D eigenvalue weighted by atomic mass is 16.2. The second-order valence-corrected chi connectivity index (χ2v) is 6.71. The van der Waals surface area contributed by atoms with Gasteiger partial charge in [0.25, 0.3) is 11.5 Å². The Morgan fingerprint density at radius 3 is 2.68 bits per heavy atom. The lowest BCUT2D eigenvalue weighted by Gasteiger charge is -2.36. The number of aryl methyl sites for hydroxylation is 2. The minimum absolute atomic E-state index is 0.00175. The molecule has 2 aromatic rings. The molecule has 1 aliphatic heterocycles. The van der Waals surface area contributed by atoms with Gasteiger partial charge in [-0.3, -0.25) is 9.59 Å². The molecule has 1 aromatic carbocycles. The summed E-state index contributed by atoms with van der Waals surface area (Å²) in [6.07, 6.45) is 6.93. The van der Waals surface area contributed by atoms with Crippen LogP contribution >= 0.6 is 0 Å². The van der Waals surface area contributed by atoms with Gasteiger partial charge >= 0.3 is 0 Å². The van der Waals surface area contributed by atoms with Crippen LogP contribution in [0.15, 0.2) is 53.5 Å². The molecule has 0 N–H and O–H groups in total. The molecule has 1 fully saturated rings. The van der Waals surface area contributed by atoms with Crippen LogP contribution in [0.2, 0.25) is 0 Å². The largest absolute Gasteiger partial charge is 0.336 e. The molecule has 1 aliphatic rings. The van der Waals surface area contributed by atoms with Crippen LogP contribution < -0.4 is 5.56 Å². The van der Waals surface area contributed by atoms with Crippen LogP contribution in [0, 0.1) is 0 Å². The van der Waals surface area contributed by atoms with Gasteiger partial charge in [0, 0.05) is 37.0 Å². The maximum atomic E-state index is 13.0. The molecule has 3 rings (SSSR count). The number of carbonyl (C=O) groups excluding carboxylic acids is 1. The number of benzene rings is 1. The average Bonchev–Trinajstić information content (AvgIpc) is 2.67. The van der Waals surface area contributed by atoms with E-state index in [0.717, 1.165) is 32.2 Å². The molecule has 0 bridgehead atoms. The van der Waals surface area contributed by atoms with E-state index in [2.05, 4.69) is 24.3 Å². The van der Waals surface area contributed by atoms with E-state index in [1.54, 1.807) is 16.8 Å². The molecule has 0 radical (unpaired) electrons. The fraction of sp³-hybridized carbons (Fsp3) is 0.429. The van der Waals surface area contributed by atoms with Gasteiger partial charge in [-0.15, -0.1) is 0 Å². The highest BCUT2D eigenvalue weighted by Crippen LogP contribution is 2.23. The number of amides is 1. The van der Waals surface area contributed by atoms with Gasteiger partial charge in [0.1, 0.15) is 0 Å². The predicted octanol–water partition coefficient (Wildman–Crippen LogP) is 3.50. The topological polar surface area (TPSA) is 42.3 Å². The summed E-state index contributed by atoms with van der Waals surface area (Å²) >= 11 is 0. The van der Waals surface area contributed by atoms with Crippen molar-refractivity contribution in [2.24, 2.45) is 0 Å². The normalized spacial score (nSPS) is 17.5. The number of aromatic nitrogens is 1. The zero-order chi connectivity index (χ0) is 17.6. The summed E-state index contributed by atoms with van der Waals surface area (Å²) in [7, 11) is 0. The number of rotatable bonds is 5. The monoisotopic (exact) mass is 338 g/mol. The van der Waals surface area contributed by atoms with Crippen molar-refractivity contribution in [3.8, 4) is 0 Å². The van der Waals surface area contributed by atoms with E-state index >= 15 is 0 Å². The zero-order valence-electron chi connectivity index (χ0n) is 14.9. The fourth-order valence-corrected chi connectivity index (χ4v) is 3.61. The van der Waals surface area contributed by atoms with E-state index < -0.39 is 0 Å². The molecule has 1 atom stereocenters. The number of pyridine rings is 1. The Bertz CT molecular complexity index is 767. The van der Waals surface area contributed by atoms with Crippen LogP contribution in [0.25, 0.3) is 0 Å². The first-order chi connectivity index (χ1) is 12.2. The van der Waals surface area contributed by atoms with Gasteiger partial charge in [0.15, 0.2) is 0 Å². The average molecular weight is 338 g/mol. The van der Waals surface area contributed by atoms with Crippen LogP contribution in [0.5, 0.6) is 0 Å². The first kappa shape index (κ1) is 17.5. The molecular weight excluding hydrogens is 312 g/mol. The second-order valence-electron chi connectivity index (χ2n) is 6.71. The van der Waals surface area contributed by atoms with Crippen molar-refractivity contribution in [1.82, 2.24) is 9.47 Å². The van der Waals surface area contributed by atoms with E-state index in [-0.39, 0.29) is 17.5 Å². The molecule has 0 unspecified atom stereocenters. The van der Waals surface area contributed by atoms with Crippen LogP contribution in [0.1, 0.15) is 48.5 Å². The van der Waals surface area contributed by atoms with Crippen LogP contribution in [0.4, 0.5) is 0 Å². The van der Waals surface area contributed by atoms with Gasteiger partial charge < -0.3 is 9.47 Å². The SMILES string of the molecule is CCn1ccc(C(=O)N2CCCC[C@H]2CCc2ccccc2)cc1=O. The Morgan fingerprint density at radius 1 is 1.16 bits per heavy atom. The summed E-state index contributed by atoms with van der Waals surface area (Å²) in [5.41, 5.74) is 1.72. The van der Waals surface area contributed by atoms with Crippen LogP contribution in [-0.4, -0.2) is 28.0 Å². The first-order valence-electron chi connectivity index (χ1n) is 9.24. The molecule has 0 spiro atoms. The molecule has 4 nitrogen and oxygen atoms in total. The highest BCUT2D eigenvalue weighted by molar-refractivity contribution is 5.94. The molecule has 25 heavy (non-hydrogen) atoms. The maximum Gasteiger partial charge on any atom is 0.254 e. The highest BCUT2D eigenvalue weighted by Gasteiger charge is 2.27. The molecule has 1 amide bonds. The number of piperidine rings is 1. The first-order valence-corrected chi connectivity index (χ1v) is 9.24. The molecule has 4 heteroatoms. The minimum atomic E-state index is -0.105. The van der Waals surface area contributed by atoms with Gasteiger partial charge in [-0.25, -0.2) is 0 Å². The number of carbonyl (C=O) groups is 1. The number of likely N-dealkylation sites (tertiary alicyclic amines) is 1. The van der Waals surface area contributed by atoms with Crippen molar-refractivity contribution in [2.45, 2.75) is 51.6 Å². The smallest absolute Gasteiger partial charge is 0.254 e. The molecular formula is C21H26N2O2. The standard InChI is InChI=1S/C21H26N2O2/c1-2-22-15-13-18(16-20(22)24)21(25)23-14-7-6-10-19(23)12-11-17-8-4-3-5-9-17/h3-5,8-9,13,15-16,19H,2,6-7,10-12,14H2,1H3/t19-/m0/s1. The summed E-state index contributed by atoms with van der Waals surface area (Å²) in [6.45, 7) is 3.33. The van der Waals surface area contributed by atoms with Crippen molar-refractivity contribution in [1.29, 1.82) is 0 Å². The lowest BCUT2D eigenvalue weighted by Crippen LogP contribution is -2.44. The Hall–Kier alpha value is -2.36. The minimum Gasteiger partial charge on any atom is -0.336 e. The predicted molar refractivity (Wildman–Crippen MR) is 99.8 cm³/mol. The maximum absolute atomic E-state index is 13.0. The summed E-state index contributed by atoms with van der Waals surface area (Å²) < 4.78 is 1.61. The summed E-state index contributed by atoms with van der Waals surface area (Å²) in [4.78, 5) is 27.0. The molecule has 2 heterocycles. The van der Waals surface area contributed by atoms with E-state index in [0.29, 0.717) is 12.1 Å². The van der Waals surface area contributed by atoms with Gasteiger partial charge in [-0.05, 0) is 50.7 Å². The van der Waals surface area contributed by atoms with Gasteiger partial charge in [-0.2, -0.15) is 0 Å². The molecule has 0 saturated carbocycles. The number of hydrogen-bond acceptors (Lipinski definition) is 2. The van der Waals surface area contributed by atoms with E-state index in [4.69, 9.17) is 0 Å².